The summed E-state index contributed by atoms with van der Waals surface area (Å²) in [5, 5.41) is 5.66. The van der Waals surface area contributed by atoms with E-state index in [1.165, 1.54) is 6.20 Å². The monoisotopic (exact) mass is 515 g/mol. The second-order valence-corrected chi connectivity index (χ2v) is 9.15. The average molecular weight is 515 g/mol. The number of nitrogen functional groups attached to an aromatic ring is 1. The Morgan fingerprint density at radius 3 is 2.74 bits per heavy atom. The number of ether oxygens (including phenoxy) is 2. The molecule has 1 saturated heterocycles. The number of fused-ring (bicyclic) bond motifs is 6. The van der Waals surface area contributed by atoms with Gasteiger partial charge in [0, 0.05) is 24.5 Å². The summed E-state index contributed by atoms with van der Waals surface area (Å²) in [4.78, 5) is 27.7. The molecule has 6 heterocycles. The van der Waals surface area contributed by atoms with Crippen LogP contribution < -0.4 is 10.5 Å². The van der Waals surface area contributed by atoms with Crippen LogP contribution in [0.2, 0.25) is 0 Å². The predicted octanol–water partition coefficient (Wildman–Crippen LogP) is 3.37. The van der Waals surface area contributed by atoms with Gasteiger partial charge in [-0.3, -0.25) is 14.5 Å². The number of carbonyl (C=O) groups is 1. The third kappa shape index (κ3) is 3.23. The number of pyridine rings is 3. The Morgan fingerprint density at radius 2 is 1.92 bits per heavy atom. The van der Waals surface area contributed by atoms with E-state index in [-0.39, 0.29) is 23.8 Å². The number of hydrogen-bond donors (Lipinski definition) is 1. The summed E-state index contributed by atoms with van der Waals surface area (Å²) in [7, 11) is 1.79. The van der Waals surface area contributed by atoms with E-state index in [9.17, 15) is 13.6 Å². The minimum absolute atomic E-state index is 0.203. The number of morpholine rings is 1. The van der Waals surface area contributed by atoms with Gasteiger partial charge in [0.15, 0.2) is 11.6 Å². The molecule has 7 rings (SSSR count). The van der Waals surface area contributed by atoms with Gasteiger partial charge in [-0.1, -0.05) is 12.1 Å². The van der Waals surface area contributed by atoms with Gasteiger partial charge in [-0.25, -0.2) is 18.7 Å². The fraction of sp³-hybridized carbons (Fsp3) is 0.192. The lowest BCUT2D eigenvalue weighted by Crippen LogP contribution is -2.47. The minimum Gasteiger partial charge on any atom is -0.462 e. The Morgan fingerprint density at radius 1 is 1.11 bits per heavy atom. The van der Waals surface area contributed by atoms with Crippen molar-refractivity contribution in [2.75, 3.05) is 18.9 Å². The number of benzene rings is 1. The van der Waals surface area contributed by atoms with Gasteiger partial charge in [0.2, 0.25) is 6.29 Å². The van der Waals surface area contributed by atoms with Gasteiger partial charge in [-0.15, -0.1) is 0 Å². The molecule has 0 radical (unpaired) electrons. The highest BCUT2D eigenvalue weighted by atomic mass is 19.1. The molecule has 0 saturated carbocycles. The topological polar surface area (TPSA) is 121 Å². The summed E-state index contributed by atoms with van der Waals surface area (Å²) in [6, 6.07) is 5.96. The predicted molar refractivity (Wildman–Crippen MR) is 132 cm³/mol. The zero-order valence-corrected chi connectivity index (χ0v) is 19.9. The lowest BCUT2D eigenvalue weighted by Gasteiger charge is -2.36. The standard InChI is InChI=1S/C26H19F2N7O3/c1-34-22-14-7-18(31-11-19(14)33-24(29)15(22)8-32-34)25(36)35-4-5-37-26-23(35)13-3-2-12(6-20(13)38-26)21-16(27)9-30-10-17(21)28/h2-3,6-11,23,26H,4-5H2,1H3,(H2,29,33)/t23-,26+/m0/s1. The zero-order valence-electron chi connectivity index (χ0n) is 19.9. The second-order valence-electron chi connectivity index (χ2n) is 9.15. The number of carbonyl (C=O) groups excluding carboxylic acids is 1. The van der Waals surface area contributed by atoms with Crippen molar-refractivity contribution in [3.63, 3.8) is 0 Å². The van der Waals surface area contributed by atoms with E-state index >= 15 is 0 Å². The third-order valence-electron chi connectivity index (χ3n) is 7.00. The molecular weight excluding hydrogens is 496 g/mol. The molecule has 0 bridgehead atoms. The normalized spacial score (nSPS) is 18.4. The molecule has 5 aromatic rings. The molecule has 0 spiro atoms. The Hall–Kier alpha value is -4.71. The quantitative estimate of drug-likeness (QED) is 0.380. The molecule has 1 fully saturated rings. The SMILES string of the molecule is Cn1ncc2c(N)nc3cnc(C(=O)N4CCO[C@@H]5Oc6cc(-c7c(F)cncc7F)ccc6[C@@H]54)cc3c21. The first-order valence-corrected chi connectivity index (χ1v) is 11.8. The number of halogens is 2. The third-order valence-corrected chi connectivity index (χ3v) is 7.00. The number of aromatic nitrogens is 5. The van der Waals surface area contributed by atoms with Gasteiger partial charge in [-0.05, 0) is 17.7 Å². The van der Waals surface area contributed by atoms with Crippen LogP contribution in [0.5, 0.6) is 5.75 Å². The van der Waals surface area contributed by atoms with Gasteiger partial charge < -0.3 is 20.1 Å². The zero-order chi connectivity index (χ0) is 26.1. The van der Waals surface area contributed by atoms with E-state index in [2.05, 4.69) is 20.1 Å². The van der Waals surface area contributed by atoms with Crippen LogP contribution in [0.1, 0.15) is 22.1 Å². The number of anilines is 1. The Bertz CT molecular complexity index is 1770. The second kappa shape index (κ2) is 8.15. The Labute approximate surface area is 213 Å². The maximum Gasteiger partial charge on any atom is 0.273 e. The van der Waals surface area contributed by atoms with Crippen LogP contribution in [0.25, 0.3) is 32.9 Å². The van der Waals surface area contributed by atoms with E-state index in [4.69, 9.17) is 15.2 Å². The van der Waals surface area contributed by atoms with Crippen molar-refractivity contribution in [1.29, 1.82) is 0 Å². The Balaban J connectivity index is 1.28. The first-order valence-electron chi connectivity index (χ1n) is 11.8. The van der Waals surface area contributed by atoms with Crippen LogP contribution in [-0.2, 0) is 11.8 Å². The number of nitrogens with zero attached hydrogens (tertiary/aromatic N) is 6. The molecule has 2 atom stereocenters. The average Bonchev–Trinajstić information content (AvgIpc) is 3.49. The lowest BCUT2D eigenvalue weighted by atomic mass is 9.99. The van der Waals surface area contributed by atoms with Crippen LogP contribution in [-0.4, -0.2) is 55.0 Å². The van der Waals surface area contributed by atoms with Gasteiger partial charge in [-0.2, -0.15) is 5.10 Å². The maximum absolute atomic E-state index is 14.3. The van der Waals surface area contributed by atoms with Crippen LogP contribution in [0.3, 0.4) is 0 Å². The lowest BCUT2D eigenvalue weighted by molar-refractivity contribution is -0.140. The number of aryl methyl sites for hydroxylation is 1. The summed E-state index contributed by atoms with van der Waals surface area (Å²) < 4.78 is 42.1. The van der Waals surface area contributed by atoms with E-state index in [0.29, 0.717) is 45.5 Å². The summed E-state index contributed by atoms with van der Waals surface area (Å²) in [5.74, 6) is -1.16. The highest BCUT2D eigenvalue weighted by molar-refractivity contribution is 6.09. The van der Waals surface area contributed by atoms with Crippen LogP contribution in [0.15, 0.2) is 49.1 Å². The molecule has 12 heteroatoms. The molecular formula is C26H19F2N7O3. The van der Waals surface area contributed by atoms with Crippen molar-refractivity contribution in [3.8, 4) is 16.9 Å². The molecule has 0 unspecified atom stereocenters. The Kier molecular flexibility index (Phi) is 4.82. The first-order chi connectivity index (χ1) is 18.4. The number of hydrogen-bond acceptors (Lipinski definition) is 8. The van der Waals surface area contributed by atoms with Crippen LogP contribution in [0, 0.1) is 11.6 Å². The van der Waals surface area contributed by atoms with Crippen molar-refractivity contribution in [3.05, 3.63) is 71.9 Å². The van der Waals surface area contributed by atoms with Crippen molar-refractivity contribution in [2.24, 2.45) is 7.05 Å². The largest absolute Gasteiger partial charge is 0.462 e. The number of nitrogens with two attached hydrogens (primary N) is 1. The molecule has 1 aromatic carbocycles. The molecule has 2 N–H and O–H groups in total. The maximum atomic E-state index is 14.3. The van der Waals surface area contributed by atoms with Gasteiger partial charge in [0.1, 0.15) is 23.3 Å². The van der Waals surface area contributed by atoms with E-state index in [1.807, 2.05) is 0 Å². The van der Waals surface area contributed by atoms with Gasteiger partial charge >= 0.3 is 0 Å². The van der Waals surface area contributed by atoms with Gasteiger partial charge in [0.05, 0.1) is 53.4 Å². The summed E-state index contributed by atoms with van der Waals surface area (Å²) in [6.07, 6.45) is 4.30. The van der Waals surface area contributed by atoms with Crippen molar-refractivity contribution in [1.82, 2.24) is 29.6 Å². The summed E-state index contributed by atoms with van der Waals surface area (Å²) >= 11 is 0. The van der Waals surface area contributed by atoms with Crippen LogP contribution in [0.4, 0.5) is 14.6 Å². The fourth-order valence-electron chi connectivity index (χ4n) is 5.26. The molecule has 190 valence electrons. The highest BCUT2D eigenvalue weighted by Gasteiger charge is 2.44. The summed E-state index contributed by atoms with van der Waals surface area (Å²) in [6.45, 7) is 0.554. The fourth-order valence-corrected chi connectivity index (χ4v) is 5.26. The molecule has 38 heavy (non-hydrogen) atoms. The molecule has 0 aliphatic carbocycles. The smallest absolute Gasteiger partial charge is 0.273 e. The van der Waals surface area contributed by atoms with Crippen molar-refractivity contribution < 1.29 is 23.0 Å². The highest BCUT2D eigenvalue weighted by Crippen LogP contribution is 2.45. The number of amides is 1. The number of rotatable bonds is 2. The van der Waals surface area contributed by atoms with Gasteiger partial charge in [0.25, 0.3) is 5.91 Å². The van der Waals surface area contributed by atoms with Crippen molar-refractivity contribution >= 4 is 33.5 Å². The minimum atomic E-state index is -0.783. The van der Waals surface area contributed by atoms with E-state index in [0.717, 1.165) is 17.9 Å². The molecule has 10 nitrogen and oxygen atoms in total. The van der Waals surface area contributed by atoms with E-state index < -0.39 is 24.0 Å². The molecule has 2 aliphatic heterocycles. The molecule has 4 aromatic heterocycles. The summed E-state index contributed by atoms with van der Waals surface area (Å²) in [5.41, 5.74) is 8.36. The van der Waals surface area contributed by atoms with E-state index in [1.54, 1.807) is 47.1 Å². The van der Waals surface area contributed by atoms with Crippen LogP contribution >= 0.6 is 0 Å². The molecule has 2 aliphatic rings. The first kappa shape index (κ1) is 22.5. The van der Waals surface area contributed by atoms with Crippen molar-refractivity contribution in [2.45, 2.75) is 12.3 Å². The molecule has 1 amide bonds.